The van der Waals surface area contributed by atoms with E-state index in [4.69, 9.17) is 0 Å². The number of likely N-dealkylation sites (tertiary alicyclic amines) is 1. The Bertz CT molecular complexity index is 1050. The molecule has 1 fully saturated rings. The van der Waals surface area contributed by atoms with Crippen molar-refractivity contribution in [2.75, 3.05) is 13.1 Å². The molecule has 0 aliphatic carbocycles. The van der Waals surface area contributed by atoms with Crippen LogP contribution in [0.2, 0.25) is 0 Å². The molecule has 2 amide bonds. The maximum absolute atomic E-state index is 12.5. The van der Waals surface area contributed by atoms with Gasteiger partial charge in [-0.25, -0.2) is 5.43 Å². The Balaban J connectivity index is 1.35. The van der Waals surface area contributed by atoms with E-state index in [9.17, 15) is 14.7 Å². The van der Waals surface area contributed by atoms with Crippen LogP contribution in [-0.4, -0.2) is 41.1 Å². The summed E-state index contributed by atoms with van der Waals surface area (Å²) in [6, 6.07) is 14.8. The van der Waals surface area contributed by atoms with E-state index < -0.39 is 0 Å². The van der Waals surface area contributed by atoms with Crippen LogP contribution in [0.15, 0.2) is 59.0 Å². The second-order valence-electron chi connectivity index (χ2n) is 7.00. The highest BCUT2D eigenvalue weighted by molar-refractivity contribution is 7.12. The number of phenols is 1. The molecule has 29 heavy (non-hydrogen) atoms. The van der Waals surface area contributed by atoms with Crippen LogP contribution in [0.25, 0.3) is 10.8 Å². The van der Waals surface area contributed by atoms with Crippen LogP contribution in [0.1, 0.15) is 28.1 Å². The molecule has 0 saturated carbocycles. The van der Waals surface area contributed by atoms with Gasteiger partial charge >= 0.3 is 0 Å². The Labute approximate surface area is 172 Å². The van der Waals surface area contributed by atoms with E-state index >= 15 is 0 Å². The van der Waals surface area contributed by atoms with Gasteiger partial charge in [0.2, 0.25) is 5.91 Å². The molecule has 3 aromatic rings. The Morgan fingerprint density at radius 1 is 1.10 bits per heavy atom. The van der Waals surface area contributed by atoms with E-state index in [1.807, 2.05) is 47.8 Å². The quantitative estimate of drug-likeness (QED) is 0.512. The van der Waals surface area contributed by atoms with Crippen molar-refractivity contribution < 1.29 is 14.7 Å². The molecule has 2 N–H and O–H groups in total. The maximum atomic E-state index is 12.5. The third-order valence-electron chi connectivity index (χ3n) is 5.20. The molecule has 2 aromatic carbocycles. The smallest absolute Gasteiger partial charge is 0.263 e. The van der Waals surface area contributed by atoms with E-state index in [-0.39, 0.29) is 23.5 Å². The molecule has 0 spiro atoms. The highest BCUT2D eigenvalue weighted by Crippen LogP contribution is 2.25. The molecule has 1 saturated heterocycles. The molecule has 1 aliphatic rings. The van der Waals surface area contributed by atoms with Crippen molar-refractivity contribution in [1.82, 2.24) is 10.3 Å². The van der Waals surface area contributed by atoms with Gasteiger partial charge in [0.25, 0.3) is 5.91 Å². The zero-order chi connectivity index (χ0) is 20.2. The van der Waals surface area contributed by atoms with E-state index in [0.29, 0.717) is 31.5 Å². The molecule has 1 aromatic heterocycles. The normalized spacial score (nSPS) is 15.1. The Morgan fingerprint density at radius 2 is 1.90 bits per heavy atom. The summed E-state index contributed by atoms with van der Waals surface area (Å²) >= 11 is 1.43. The van der Waals surface area contributed by atoms with Gasteiger partial charge in [-0.3, -0.25) is 9.59 Å². The summed E-state index contributed by atoms with van der Waals surface area (Å²) in [5.74, 6) is -0.199. The number of nitrogens with zero attached hydrogens (tertiary/aromatic N) is 2. The fraction of sp³-hybridized carbons (Fsp3) is 0.227. The topological polar surface area (TPSA) is 82.0 Å². The zero-order valence-corrected chi connectivity index (χ0v) is 16.6. The van der Waals surface area contributed by atoms with Gasteiger partial charge in [-0.1, -0.05) is 36.4 Å². The maximum Gasteiger partial charge on any atom is 0.263 e. The standard InChI is InChI=1S/C22H21N3O3S/c26-19-8-7-15-4-1-2-5-17(15)18(19)14-23-24-21(27)16-9-11-25(12-10-16)22(28)20-6-3-13-29-20/h1-8,13-14,16,26H,9-12H2,(H,24,27). The first kappa shape index (κ1) is 19.1. The summed E-state index contributed by atoms with van der Waals surface area (Å²) in [6.07, 6.45) is 2.70. The first-order valence-electron chi connectivity index (χ1n) is 9.50. The van der Waals surface area contributed by atoms with Crippen molar-refractivity contribution in [2.24, 2.45) is 11.0 Å². The van der Waals surface area contributed by atoms with Crippen molar-refractivity contribution in [1.29, 1.82) is 0 Å². The van der Waals surface area contributed by atoms with Crippen molar-refractivity contribution in [3.63, 3.8) is 0 Å². The number of amides is 2. The molecule has 6 nitrogen and oxygen atoms in total. The lowest BCUT2D eigenvalue weighted by Crippen LogP contribution is -2.42. The third-order valence-corrected chi connectivity index (χ3v) is 6.06. The number of hydrazone groups is 1. The van der Waals surface area contributed by atoms with Gasteiger partial charge in [0.1, 0.15) is 5.75 Å². The number of hydrogen-bond donors (Lipinski definition) is 2. The molecule has 0 atom stereocenters. The number of carbonyl (C=O) groups excluding carboxylic acids is 2. The minimum absolute atomic E-state index is 0.0308. The molecule has 7 heteroatoms. The van der Waals surface area contributed by atoms with Gasteiger partial charge in [0, 0.05) is 24.6 Å². The average molecular weight is 407 g/mol. The Morgan fingerprint density at radius 3 is 2.66 bits per heavy atom. The summed E-state index contributed by atoms with van der Waals surface area (Å²) in [5.41, 5.74) is 3.15. The molecule has 0 unspecified atom stereocenters. The number of nitrogens with one attached hydrogen (secondary N) is 1. The second-order valence-corrected chi connectivity index (χ2v) is 7.95. The average Bonchev–Trinajstić information content (AvgIpc) is 3.30. The highest BCUT2D eigenvalue weighted by atomic mass is 32.1. The first-order chi connectivity index (χ1) is 14.1. The predicted octanol–water partition coefficient (Wildman–Crippen LogP) is 3.61. The molecule has 0 radical (unpaired) electrons. The number of phenolic OH excluding ortho intramolecular Hbond substituents is 1. The third kappa shape index (κ3) is 4.14. The fourth-order valence-electron chi connectivity index (χ4n) is 3.57. The summed E-state index contributed by atoms with van der Waals surface area (Å²) in [7, 11) is 0. The number of hydrogen-bond acceptors (Lipinski definition) is 5. The lowest BCUT2D eigenvalue weighted by atomic mass is 9.96. The van der Waals surface area contributed by atoms with Crippen LogP contribution in [0, 0.1) is 5.92 Å². The SMILES string of the molecule is O=C(NN=Cc1c(O)ccc2ccccc12)C1CCN(C(=O)c2cccs2)CC1. The number of rotatable bonds is 4. The summed E-state index contributed by atoms with van der Waals surface area (Å²) < 4.78 is 0. The fourth-order valence-corrected chi connectivity index (χ4v) is 4.26. The van der Waals surface area contributed by atoms with Crippen LogP contribution >= 0.6 is 11.3 Å². The molecule has 2 heterocycles. The molecular weight excluding hydrogens is 386 g/mol. The first-order valence-corrected chi connectivity index (χ1v) is 10.4. The lowest BCUT2D eigenvalue weighted by Gasteiger charge is -2.30. The van der Waals surface area contributed by atoms with Gasteiger partial charge in [0.15, 0.2) is 0 Å². The van der Waals surface area contributed by atoms with Gasteiger partial charge in [-0.2, -0.15) is 5.10 Å². The van der Waals surface area contributed by atoms with Crippen LogP contribution in [0.4, 0.5) is 0 Å². The molecule has 4 rings (SSSR count). The number of piperidine rings is 1. The summed E-state index contributed by atoms with van der Waals surface area (Å²) in [5, 5.41) is 17.9. The van der Waals surface area contributed by atoms with Crippen LogP contribution in [0.3, 0.4) is 0 Å². The van der Waals surface area contributed by atoms with Gasteiger partial charge in [0.05, 0.1) is 11.1 Å². The second kappa shape index (κ2) is 8.45. The van der Waals surface area contributed by atoms with Crippen LogP contribution in [-0.2, 0) is 4.79 Å². The van der Waals surface area contributed by atoms with E-state index in [2.05, 4.69) is 10.5 Å². The van der Waals surface area contributed by atoms with Crippen LogP contribution in [0.5, 0.6) is 5.75 Å². The monoisotopic (exact) mass is 407 g/mol. The summed E-state index contributed by atoms with van der Waals surface area (Å²) in [4.78, 5) is 27.4. The Hall–Kier alpha value is -3.19. The zero-order valence-electron chi connectivity index (χ0n) is 15.7. The highest BCUT2D eigenvalue weighted by Gasteiger charge is 2.28. The predicted molar refractivity (Wildman–Crippen MR) is 114 cm³/mol. The van der Waals surface area contributed by atoms with Crippen LogP contribution < -0.4 is 5.43 Å². The van der Waals surface area contributed by atoms with Crippen molar-refractivity contribution in [3.8, 4) is 5.75 Å². The number of aromatic hydroxyl groups is 1. The van der Waals surface area contributed by atoms with Crippen molar-refractivity contribution >= 4 is 40.1 Å². The minimum atomic E-state index is -0.180. The molecule has 1 aliphatic heterocycles. The van der Waals surface area contributed by atoms with Crippen molar-refractivity contribution in [2.45, 2.75) is 12.8 Å². The number of carbonyl (C=O) groups is 2. The van der Waals surface area contributed by atoms with Gasteiger partial charge < -0.3 is 10.0 Å². The molecule has 148 valence electrons. The largest absolute Gasteiger partial charge is 0.507 e. The lowest BCUT2D eigenvalue weighted by molar-refractivity contribution is -0.126. The minimum Gasteiger partial charge on any atom is -0.507 e. The van der Waals surface area contributed by atoms with E-state index in [0.717, 1.165) is 15.6 Å². The Kier molecular flexibility index (Phi) is 5.57. The number of benzene rings is 2. The van der Waals surface area contributed by atoms with Gasteiger partial charge in [-0.05, 0) is 41.1 Å². The van der Waals surface area contributed by atoms with E-state index in [1.54, 1.807) is 11.0 Å². The summed E-state index contributed by atoms with van der Waals surface area (Å²) in [6.45, 7) is 1.12. The number of thiophene rings is 1. The van der Waals surface area contributed by atoms with Crippen molar-refractivity contribution in [3.05, 3.63) is 64.4 Å². The molecule has 0 bridgehead atoms. The number of fused-ring (bicyclic) bond motifs is 1. The molecular formula is C22H21N3O3S. The van der Waals surface area contributed by atoms with Gasteiger partial charge in [-0.15, -0.1) is 11.3 Å². The van der Waals surface area contributed by atoms with E-state index in [1.165, 1.54) is 17.6 Å².